The van der Waals surface area contributed by atoms with Gasteiger partial charge in [-0.3, -0.25) is 9.14 Å². The lowest BCUT2D eigenvalue weighted by Gasteiger charge is -2.29. The van der Waals surface area contributed by atoms with Gasteiger partial charge in [0.1, 0.15) is 0 Å². The number of rotatable bonds is 5. The van der Waals surface area contributed by atoms with Gasteiger partial charge in [-0.1, -0.05) is 6.92 Å². The maximum Gasteiger partial charge on any atom is 0.522 e. The van der Waals surface area contributed by atoms with Crippen molar-refractivity contribution in [3.63, 3.8) is 0 Å². The Morgan fingerprint density at radius 1 is 1.09 bits per heavy atom. The first kappa shape index (κ1) is 20.7. The number of imidazole rings is 1. The first-order chi connectivity index (χ1) is 15.4. The van der Waals surface area contributed by atoms with Crippen LogP contribution in [0.4, 0.5) is 19.1 Å². The molecule has 1 aliphatic rings. The number of hydrogen-bond donors (Lipinski definition) is 1. The highest BCUT2D eigenvalue weighted by molar-refractivity contribution is 5.79. The van der Waals surface area contributed by atoms with E-state index in [4.69, 9.17) is 0 Å². The number of ether oxygens (including phenoxy) is 1. The number of hydrogen-bond acceptors (Lipinski definition) is 6. The number of alkyl halides is 3. The van der Waals surface area contributed by atoms with Gasteiger partial charge in [0.25, 0.3) is 0 Å². The normalized spacial score (nSPS) is 19.6. The molecule has 4 aromatic heterocycles. The van der Waals surface area contributed by atoms with E-state index < -0.39 is 12.5 Å². The van der Waals surface area contributed by atoms with E-state index in [1.807, 2.05) is 29.1 Å². The largest absolute Gasteiger partial charge is 0.522 e. The highest BCUT2D eigenvalue weighted by atomic mass is 19.4. The lowest BCUT2D eigenvalue weighted by Crippen LogP contribution is -2.33. The molecule has 168 valence electrons. The van der Waals surface area contributed by atoms with Crippen molar-refractivity contribution in [3.8, 4) is 11.1 Å². The first-order valence-corrected chi connectivity index (χ1v) is 10.6. The van der Waals surface area contributed by atoms with Gasteiger partial charge in [0, 0.05) is 41.5 Å². The molecule has 32 heavy (non-hydrogen) atoms. The van der Waals surface area contributed by atoms with Gasteiger partial charge in [-0.2, -0.15) is 0 Å². The molecule has 0 aromatic carbocycles. The van der Waals surface area contributed by atoms with Crippen LogP contribution in [0, 0.1) is 0 Å². The van der Waals surface area contributed by atoms with Crippen LogP contribution in [-0.2, 0) is 11.2 Å². The van der Waals surface area contributed by atoms with Gasteiger partial charge in [0.2, 0.25) is 11.7 Å². The van der Waals surface area contributed by atoms with Gasteiger partial charge in [-0.15, -0.1) is 18.3 Å². The van der Waals surface area contributed by atoms with Gasteiger partial charge in [0.05, 0.1) is 24.0 Å². The third kappa shape index (κ3) is 4.12. The van der Waals surface area contributed by atoms with E-state index in [9.17, 15) is 13.2 Å². The summed E-state index contributed by atoms with van der Waals surface area (Å²) in [6, 6.07) is 1.97. The molecule has 0 atom stereocenters. The Balaban J connectivity index is 1.32. The summed E-state index contributed by atoms with van der Waals surface area (Å²) < 4.78 is 45.0. The molecule has 0 saturated heterocycles. The molecule has 0 bridgehead atoms. The highest BCUT2D eigenvalue weighted by Crippen LogP contribution is 2.29. The summed E-state index contributed by atoms with van der Waals surface area (Å²) >= 11 is 0. The van der Waals surface area contributed by atoms with Crippen LogP contribution in [-0.4, -0.2) is 47.5 Å². The maximum absolute atomic E-state index is 12.4. The van der Waals surface area contributed by atoms with Crippen molar-refractivity contribution < 1.29 is 17.9 Å². The summed E-state index contributed by atoms with van der Waals surface area (Å²) in [5.41, 5.74) is 3.79. The fourth-order valence-corrected chi connectivity index (χ4v) is 4.23. The van der Waals surface area contributed by atoms with Gasteiger partial charge in [0.15, 0.2) is 0 Å². The number of nitrogens with one attached hydrogen (secondary N) is 1. The predicted octanol–water partition coefficient (Wildman–Crippen LogP) is 4.26. The topological polar surface area (TPSA) is 81.6 Å². The van der Waals surface area contributed by atoms with Crippen LogP contribution in [0.3, 0.4) is 0 Å². The fraction of sp³-hybridized carbons (Fsp3) is 0.429. The second-order valence-corrected chi connectivity index (χ2v) is 7.94. The number of fused-ring (bicyclic) bond motifs is 2. The minimum atomic E-state index is -4.58. The van der Waals surface area contributed by atoms with Crippen molar-refractivity contribution in [3.05, 3.63) is 42.7 Å². The summed E-state index contributed by atoms with van der Waals surface area (Å²) in [6.45, 7) is 2.07. The molecule has 0 aliphatic heterocycles. The molecule has 8 nitrogen and oxygen atoms in total. The summed E-state index contributed by atoms with van der Waals surface area (Å²) in [6.07, 6.45) is 6.52. The van der Waals surface area contributed by atoms with Gasteiger partial charge in [-0.05, 0) is 38.2 Å². The molecule has 0 amide bonds. The maximum atomic E-state index is 12.4. The standard InChI is InChI=1S/C21H22F3N7O/c1-2-15-10-27-20-26-9-13(12-30(15)20)17-7-8-31-18(17)11-25-19(29-31)28-14-3-5-16(6-4-14)32-21(22,23)24/h7-12,14,16H,2-6H2,1H3,(H,28,29)/t14-,16+. The molecule has 1 aliphatic carbocycles. The number of anilines is 1. The van der Waals surface area contributed by atoms with E-state index in [0.717, 1.165) is 28.8 Å². The first-order valence-electron chi connectivity index (χ1n) is 10.6. The summed E-state index contributed by atoms with van der Waals surface area (Å²) in [7, 11) is 0. The molecule has 1 saturated carbocycles. The van der Waals surface area contributed by atoms with Crippen LogP contribution in [0.2, 0.25) is 0 Å². The summed E-state index contributed by atoms with van der Waals surface area (Å²) in [5.74, 6) is 1.10. The molecule has 5 rings (SSSR count). The fourth-order valence-electron chi connectivity index (χ4n) is 4.23. The third-order valence-corrected chi connectivity index (χ3v) is 5.84. The van der Waals surface area contributed by atoms with Crippen LogP contribution >= 0.6 is 0 Å². The number of halogens is 3. The van der Waals surface area contributed by atoms with Crippen molar-refractivity contribution >= 4 is 17.2 Å². The highest BCUT2D eigenvalue weighted by Gasteiger charge is 2.35. The molecule has 4 heterocycles. The van der Waals surface area contributed by atoms with Gasteiger partial charge >= 0.3 is 6.36 Å². The predicted molar refractivity (Wildman–Crippen MR) is 111 cm³/mol. The molecular formula is C21H22F3N7O. The SMILES string of the molecule is CCc1cnc2ncc(-c3ccn4nc(N[C@H]5CC[C@@H](OC(F)(F)F)CC5)ncc34)cn12. The average molecular weight is 445 g/mol. The monoisotopic (exact) mass is 445 g/mol. The summed E-state index contributed by atoms with van der Waals surface area (Å²) in [5, 5.41) is 7.76. The minimum absolute atomic E-state index is 0.0101. The Bertz CT molecular complexity index is 1240. The van der Waals surface area contributed by atoms with Crippen molar-refractivity contribution in [2.75, 3.05) is 5.32 Å². The molecule has 0 radical (unpaired) electrons. The van der Waals surface area contributed by atoms with Crippen molar-refractivity contribution in [1.29, 1.82) is 0 Å². The van der Waals surface area contributed by atoms with Crippen LogP contribution in [0.1, 0.15) is 38.3 Å². The molecular weight excluding hydrogens is 423 g/mol. The third-order valence-electron chi connectivity index (χ3n) is 5.84. The summed E-state index contributed by atoms with van der Waals surface area (Å²) in [4.78, 5) is 13.2. The molecule has 1 N–H and O–H groups in total. The molecule has 1 fully saturated rings. The second-order valence-electron chi connectivity index (χ2n) is 7.94. The average Bonchev–Trinajstić information content (AvgIpc) is 3.37. The van der Waals surface area contributed by atoms with E-state index >= 15 is 0 Å². The van der Waals surface area contributed by atoms with Crippen LogP contribution in [0.25, 0.3) is 22.4 Å². The molecule has 0 spiro atoms. The van der Waals surface area contributed by atoms with Gasteiger partial charge in [-0.25, -0.2) is 19.5 Å². The van der Waals surface area contributed by atoms with E-state index in [1.54, 1.807) is 16.9 Å². The Hall–Kier alpha value is -3.21. The number of aryl methyl sites for hydroxylation is 1. The van der Waals surface area contributed by atoms with Gasteiger partial charge < -0.3 is 5.32 Å². The van der Waals surface area contributed by atoms with Crippen molar-refractivity contribution in [2.24, 2.45) is 0 Å². The Kier molecular flexibility index (Phi) is 5.20. The van der Waals surface area contributed by atoms with E-state index in [0.29, 0.717) is 37.4 Å². The smallest absolute Gasteiger partial charge is 0.350 e. The Morgan fingerprint density at radius 2 is 1.88 bits per heavy atom. The molecule has 11 heteroatoms. The zero-order valence-electron chi connectivity index (χ0n) is 17.4. The lowest BCUT2D eigenvalue weighted by molar-refractivity contribution is -0.345. The van der Waals surface area contributed by atoms with E-state index in [-0.39, 0.29) is 6.04 Å². The zero-order valence-corrected chi connectivity index (χ0v) is 17.4. The number of nitrogens with zero attached hydrogens (tertiary/aromatic N) is 6. The van der Waals surface area contributed by atoms with Crippen LogP contribution < -0.4 is 5.32 Å². The van der Waals surface area contributed by atoms with E-state index in [1.165, 1.54) is 0 Å². The van der Waals surface area contributed by atoms with Crippen molar-refractivity contribution in [2.45, 2.75) is 57.5 Å². The van der Waals surface area contributed by atoms with Crippen LogP contribution in [0.5, 0.6) is 0 Å². The molecule has 0 unspecified atom stereocenters. The quantitative estimate of drug-likeness (QED) is 0.494. The number of aromatic nitrogens is 6. The Labute approximate surface area is 181 Å². The Morgan fingerprint density at radius 3 is 2.62 bits per heavy atom. The minimum Gasteiger partial charge on any atom is -0.350 e. The van der Waals surface area contributed by atoms with Crippen LogP contribution in [0.15, 0.2) is 37.1 Å². The zero-order chi connectivity index (χ0) is 22.3. The molecule has 4 aromatic rings. The van der Waals surface area contributed by atoms with E-state index in [2.05, 4.69) is 37.0 Å². The lowest BCUT2D eigenvalue weighted by atomic mass is 9.93. The second kappa shape index (κ2) is 8.05. The van der Waals surface area contributed by atoms with Crippen molar-refractivity contribution in [1.82, 2.24) is 29.0 Å².